The van der Waals surface area contributed by atoms with Gasteiger partial charge in [0, 0.05) is 31.6 Å². The van der Waals surface area contributed by atoms with Gasteiger partial charge in [0.05, 0.1) is 24.1 Å². The minimum atomic E-state index is -3.69. The molecule has 0 saturated carbocycles. The quantitative estimate of drug-likeness (QED) is 0.457. The Morgan fingerprint density at radius 3 is 2.36 bits per heavy atom. The molecule has 0 aliphatic carbocycles. The molecule has 1 aromatic heterocycles. The van der Waals surface area contributed by atoms with Gasteiger partial charge in [-0.05, 0) is 42.3 Å². The van der Waals surface area contributed by atoms with Crippen molar-refractivity contribution in [1.29, 1.82) is 0 Å². The molecule has 192 valence electrons. The molecule has 2 aromatic carbocycles. The second kappa shape index (κ2) is 10.9. The van der Waals surface area contributed by atoms with Crippen LogP contribution in [0.1, 0.15) is 19.7 Å². The highest BCUT2D eigenvalue weighted by Crippen LogP contribution is 2.24. The number of hydrogen-bond acceptors (Lipinski definition) is 8. The molecule has 1 fully saturated rings. The molecule has 2 heterocycles. The average Bonchev–Trinajstić information content (AvgIpc) is 2.87. The van der Waals surface area contributed by atoms with E-state index in [-0.39, 0.29) is 16.8 Å². The molecule has 1 aliphatic heterocycles. The van der Waals surface area contributed by atoms with Gasteiger partial charge in [-0.3, -0.25) is 4.90 Å². The fourth-order valence-electron chi connectivity index (χ4n) is 4.16. The van der Waals surface area contributed by atoms with Gasteiger partial charge >= 0.3 is 5.97 Å². The number of benzene rings is 2. The summed E-state index contributed by atoms with van der Waals surface area (Å²) >= 11 is 0. The minimum absolute atomic E-state index is 0.0224. The SMILES string of the molecule is COC(=O)[C@@H](Nc1nc(CN2CCN(S(=O)(=O)c3ccc(F)cc3)CC2)nc2ccccc12)C(C)C. The van der Waals surface area contributed by atoms with Crippen molar-refractivity contribution < 1.29 is 22.3 Å². The number of methoxy groups -OCH3 is 1. The number of piperazine rings is 1. The molecule has 0 unspecified atom stereocenters. The summed E-state index contributed by atoms with van der Waals surface area (Å²) in [6.07, 6.45) is 0. The number of anilines is 1. The van der Waals surface area contributed by atoms with Gasteiger partial charge in [0.15, 0.2) is 0 Å². The molecular formula is C25H30FN5O4S. The Bertz CT molecular complexity index is 1330. The molecule has 1 N–H and O–H groups in total. The Balaban J connectivity index is 1.50. The van der Waals surface area contributed by atoms with Crippen molar-refractivity contribution in [3.8, 4) is 0 Å². The molecule has 11 heteroatoms. The molecule has 1 saturated heterocycles. The zero-order chi connectivity index (χ0) is 25.9. The van der Waals surface area contributed by atoms with Crippen molar-refractivity contribution in [1.82, 2.24) is 19.2 Å². The molecule has 0 amide bonds. The number of sulfonamides is 1. The van der Waals surface area contributed by atoms with E-state index in [0.717, 1.165) is 23.0 Å². The average molecular weight is 516 g/mol. The number of para-hydroxylation sites is 1. The molecule has 36 heavy (non-hydrogen) atoms. The van der Waals surface area contributed by atoms with Crippen LogP contribution >= 0.6 is 0 Å². The largest absolute Gasteiger partial charge is 0.467 e. The van der Waals surface area contributed by atoms with Gasteiger partial charge < -0.3 is 10.1 Å². The van der Waals surface area contributed by atoms with Crippen molar-refractivity contribution in [2.24, 2.45) is 5.92 Å². The number of nitrogens with zero attached hydrogens (tertiary/aromatic N) is 4. The predicted octanol–water partition coefficient (Wildman–Crippen LogP) is 2.88. The van der Waals surface area contributed by atoms with Crippen LogP contribution in [0.25, 0.3) is 10.9 Å². The summed E-state index contributed by atoms with van der Waals surface area (Å²) in [4.78, 5) is 23.9. The zero-order valence-corrected chi connectivity index (χ0v) is 21.3. The molecule has 0 radical (unpaired) electrons. The smallest absolute Gasteiger partial charge is 0.328 e. The molecule has 1 aliphatic rings. The maximum absolute atomic E-state index is 13.2. The maximum Gasteiger partial charge on any atom is 0.328 e. The van der Waals surface area contributed by atoms with Crippen LogP contribution in [-0.2, 0) is 26.1 Å². The summed E-state index contributed by atoms with van der Waals surface area (Å²) in [7, 11) is -2.33. The standard InChI is InChI=1S/C25H30FN5O4S/c1-17(2)23(25(32)35-3)29-24-20-6-4-5-7-21(20)27-22(28-24)16-30-12-14-31(15-13-30)36(33,34)19-10-8-18(26)9-11-19/h4-11,17,23H,12-16H2,1-3H3,(H,27,28,29)/t23-/m0/s1. The highest BCUT2D eigenvalue weighted by atomic mass is 32.2. The molecular weight excluding hydrogens is 485 g/mol. The van der Waals surface area contributed by atoms with Crippen LogP contribution in [0, 0.1) is 11.7 Å². The van der Waals surface area contributed by atoms with E-state index in [1.54, 1.807) is 0 Å². The number of hydrogen-bond donors (Lipinski definition) is 1. The normalized spacial score (nSPS) is 16.2. The monoisotopic (exact) mass is 515 g/mol. The zero-order valence-electron chi connectivity index (χ0n) is 20.5. The lowest BCUT2D eigenvalue weighted by Crippen LogP contribution is -2.48. The van der Waals surface area contributed by atoms with Crippen molar-refractivity contribution in [3.05, 3.63) is 60.2 Å². The van der Waals surface area contributed by atoms with E-state index in [1.165, 1.54) is 23.5 Å². The summed E-state index contributed by atoms with van der Waals surface area (Å²) < 4.78 is 45.4. The highest BCUT2D eigenvalue weighted by Gasteiger charge is 2.29. The minimum Gasteiger partial charge on any atom is -0.467 e. The number of carbonyl (C=O) groups is 1. The molecule has 4 rings (SSSR count). The lowest BCUT2D eigenvalue weighted by atomic mass is 10.0. The third-order valence-electron chi connectivity index (χ3n) is 6.21. The van der Waals surface area contributed by atoms with Gasteiger partial charge in [0.25, 0.3) is 0 Å². The molecule has 1 atom stereocenters. The summed E-state index contributed by atoms with van der Waals surface area (Å²) in [6, 6.07) is 11.9. The van der Waals surface area contributed by atoms with Gasteiger partial charge in [-0.2, -0.15) is 4.31 Å². The van der Waals surface area contributed by atoms with Crippen LogP contribution in [0.4, 0.5) is 10.2 Å². The fraction of sp³-hybridized carbons (Fsp3) is 0.400. The first-order valence-electron chi connectivity index (χ1n) is 11.8. The van der Waals surface area contributed by atoms with E-state index in [2.05, 4.69) is 10.2 Å². The van der Waals surface area contributed by atoms with Gasteiger partial charge in [-0.25, -0.2) is 27.6 Å². The van der Waals surface area contributed by atoms with Gasteiger partial charge in [-0.15, -0.1) is 0 Å². The van der Waals surface area contributed by atoms with E-state index >= 15 is 0 Å². The fourth-order valence-corrected chi connectivity index (χ4v) is 5.58. The molecule has 3 aromatic rings. The van der Waals surface area contributed by atoms with E-state index in [0.29, 0.717) is 44.4 Å². The molecule has 0 spiro atoms. The number of rotatable bonds is 8. The van der Waals surface area contributed by atoms with E-state index in [9.17, 15) is 17.6 Å². The Morgan fingerprint density at radius 1 is 1.06 bits per heavy atom. The van der Waals surface area contributed by atoms with Crippen LogP contribution in [-0.4, -0.2) is 72.9 Å². The lowest BCUT2D eigenvalue weighted by molar-refractivity contribution is -0.142. The Morgan fingerprint density at radius 2 is 1.72 bits per heavy atom. The van der Waals surface area contributed by atoms with E-state index in [4.69, 9.17) is 14.7 Å². The topological polar surface area (TPSA) is 105 Å². The van der Waals surface area contributed by atoms with Crippen LogP contribution in [0.3, 0.4) is 0 Å². The van der Waals surface area contributed by atoms with Gasteiger partial charge in [0.2, 0.25) is 10.0 Å². The Kier molecular flexibility index (Phi) is 7.82. The number of nitrogens with one attached hydrogen (secondary N) is 1. The second-order valence-corrected chi connectivity index (χ2v) is 11.0. The summed E-state index contributed by atoms with van der Waals surface area (Å²) in [5.41, 5.74) is 0.745. The Hall–Kier alpha value is -3.15. The van der Waals surface area contributed by atoms with Crippen molar-refractivity contribution in [2.45, 2.75) is 31.3 Å². The van der Waals surface area contributed by atoms with Crippen molar-refractivity contribution >= 4 is 32.7 Å². The summed E-state index contributed by atoms with van der Waals surface area (Å²) in [5, 5.41) is 4.04. The highest BCUT2D eigenvalue weighted by molar-refractivity contribution is 7.89. The van der Waals surface area contributed by atoms with Crippen LogP contribution in [0.5, 0.6) is 0 Å². The van der Waals surface area contributed by atoms with Crippen LogP contribution in [0.2, 0.25) is 0 Å². The van der Waals surface area contributed by atoms with Gasteiger partial charge in [-0.1, -0.05) is 26.0 Å². The van der Waals surface area contributed by atoms with Gasteiger partial charge in [0.1, 0.15) is 23.5 Å². The maximum atomic E-state index is 13.2. The van der Waals surface area contributed by atoms with Crippen molar-refractivity contribution in [2.75, 3.05) is 38.6 Å². The van der Waals surface area contributed by atoms with Crippen LogP contribution < -0.4 is 5.32 Å². The predicted molar refractivity (Wildman–Crippen MR) is 134 cm³/mol. The lowest BCUT2D eigenvalue weighted by Gasteiger charge is -2.33. The van der Waals surface area contributed by atoms with Crippen molar-refractivity contribution in [3.63, 3.8) is 0 Å². The first-order valence-corrected chi connectivity index (χ1v) is 13.2. The van der Waals surface area contributed by atoms with E-state index in [1.807, 2.05) is 38.1 Å². The number of ether oxygens (including phenoxy) is 1. The van der Waals surface area contributed by atoms with E-state index < -0.39 is 21.9 Å². The number of esters is 1. The first-order chi connectivity index (χ1) is 17.2. The summed E-state index contributed by atoms with van der Waals surface area (Å²) in [6.45, 7) is 5.88. The number of halogens is 1. The first kappa shape index (κ1) is 25.9. The third-order valence-corrected chi connectivity index (χ3v) is 8.12. The second-order valence-electron chi connectivity index (χ2n) is 9.03. The third kappa shape index (κ3) is 5.63. The number of fused-ring (bicyclic) bond motifs is 1. The molecule has 0 bridgehead atoms. The summed E-state index contributed by atoms with van der Waals surface area (Å²) in [5.74, 6) is 0.253. The van der Waals surface area contributed by atoms with Crippen LogP contribution in [0.15, 0.2) is 53.4 Å². The molecule has 9 nitrogen and oxygen atoms in total. The number of carbonyl (C=O) groups excluding carboxylic acids is 1. The Labute approximate surface area is 210 Å². The number of aromatic nitrogens is 2.